The SMILES string of the molecule is COC[C]1CCC1. The highest BCUT2D eigenvalue weighted by molar-refractivity contribution is 4.97. The smallest absolute Gasteiger partial charge is 0.0524 e. The zero-order chi connectivity index (χ0) is 5.11. The summed E-state index contributed by atoms with van der Waals surface area (Å²) in [6, 6.07) is 0. The van der Waals surface area contributed by atoms with Crippen molar-refractivity contribution < 1.29 is 4.74 Å². The fourth-order valence-corrected chi connectivity index (χ4v) is 0.775. The molecule has 0 aliphatic heterocycles. The summed E-state index contributed by atoms with van der Waals surface area (Å²) in [5, 5.41) is 0. The molecule has 0 atom stereocenters. The average molecular weight is 99.2 g/mol. The van der Waals surface area contributed by atoms with Crippen molar-refractivity contribution >= 4 is 0 Å². The van der Waals surface area contributed by atoms with Crippen LogP contribution in [0.5, 0.6) is 0 Å². The van der Waals surface area contributed by atoms with Crippen molar-refractivity contribution in [2.24, 2.45) is 0 Å². The van der Waals surface area contributed by atoms with E-state index in [2.05, 4.69) is 0 Å². The Bertz CT molecular complexity index is 48.1. The van der Waals surface area contributed by atoms with Crippen molar-refractivity contribution in [2.45, 2.75) is 19.3 Å². The van der Waals surface area contributed by atoms with Gasteiger partial charge in [-0.25, -0.2) is 0 Å². The van der Waals surface area contributed by atoms with Crippen molar-refractivity contribution in [1.29, 1.82) is 0 Å². The van der Waals surface area contributed by atoms with Crippen LogP contribution in [0, 0.1) is 5.92 Å². The minimum atomic E-state index is 0.903. The molecule has 0 unspecified atom stereocenters. The highest BCUT2D eigenvalue weighted by atomic mass is 16.5. The van der Waals surface area contributed by atoms with Crippen LogP contribution in [0.3, 0.4) is 0 Å². The van der Waals surface area contributed by atoms with Gasteiger partial charge in [0.25, 0.3) is 0 Å². The number of hydrogen-bond acceptors (Lipinski definition) is 1. The predicted molar refractivity (Wildman–Crippen MR) is 29.0 cm³/mol. The second-order valence-electron chi connectivity index (χ2n) is 2.04. The molecule has 1 aliphatic rings. The van der Waals surface area contributed by atoms with Gasteiger partial charge < -0.3 is 4.74 Å². The Hall–Kier alpha value is -0.0400. The molecule has 1 saturated carbocycles. The maximum Gasteiger partial charge on any atom is 0.0524 e. The van der Waals surface area contributed by atoms with Gasteiger partial charge in [-0.1, -0.05) is 6.42 Å². The van der Waals surface area contributed by atoms with E-state index in [0.29, 0.717) is 0 Å². The molecule has 0 aromatic carbocycles. The second-order valence-corrected chi connectivity index (χ2v) is 2.04. The third-order valence-electron chi connectivity index (χ3n) is 1.41. The van der Waals surface area contributed by atoms with E-state index in [1.54, 1.807) is 13.0 Å². The van der Waals surface area contributed by atoms with Crippen molar-refractivity contribution in [1.82, 2.24) is 0 Å². The monoisotopic (exact) mass is 99.1 g/mol. The van der Waals surface area contributed by atoms with Gasteiger partial charge in [-0.2, -0.15) is 0 Å². The summed E-state index contributed by atoms with van der Waals surface area (Å²) < 4.78 is 4.91. The van der Waals surface area contributed by atoms with Gasteiger partial charge in [0, 0.05) is 13.0 Å². The first kappa shape index (κ1) is 5.10. The van der Waals surface area contributed by atoms with Crippen LogP contribution >= 0.6 is 0 Å². The number of methoxy groups -OCH3 is 1. The molecule has 0 bridgehead atoms. The Kier molecular flexibility index (Phi) is 1.69. The minimum Gasteiger partial charge on any atom is -0.384 e. The lowest BCUT2D eigenvalue weighted by atomic mass is 9.86. The molecule has 1 fully saturated rings. The molecule has 1 radical (unpaired) electrons. The van der Waals surface area contributed by atoms with Crippen LogP contribution in [0.4, 0.5) is 0 Å². The highest BCUT2D eigenvalue weighted by Crippen LogP contribution is 2.28. The molecule has 1 aliphatic carbocycles. The third-order valence-corrected chi connectivity index (χ3v) is 1.41. The summed E-state index contributed by atoms with van der Waals surface area (Å²) in [4.78, 5) is 0. The third kappa shape index (κ3) is 1.16. The van der Waals surface area contributed by atoms with E-state index >= 15 is 0 Å². The van der Waals surface area contributed by atoms with Crippen molar-refractivity contribution in [3.05, 3.63) is 5.92 Å². The van der Waals surface area contributed by atoms with Crippen LogP contribution in [0.2, 0.25) is 0 Å². The summed E-state index contributed by atoms with van der Waals surface area (Å²) in [6.45, 7) is 0.903. The van der Waals surface area contributed by atoms with Crippen molar-refractivity contribution in [3.8, 4) is 0 Å². The summed E-state index contributed by atoms with van der Waals surface area (Å²) in [5.41, 5.74) is 0. The molecule has 0 aromatic heterocycles. The van der Waals surface area contributed by atoms with Crippen LogP contribution in [-0.4, -0.2) is 13.7 Å². The van der Waals surface area contributed by atoms with Gasteiger partial charge in [-0.05, 0) is 12.8 Å². The second kappa shape index (κ2) is 2.31. The van der Waals surface area contributed by atoms with Crippen LogP contribution in [-0.2, 0) is 4.74 Å². The first-order valence-corrected chi connectivity index (χ1v) is 2.76. The fourth-order valence-electron chi connectivity index (χ4n) is 0.775. The Morgan fingerprint density at radius 1 is 1.57 bits per heavy atom. The van der Waals surface area contributed by atoms with Gasteiger partial charge >= 0.3 is 0 Å². The molecule has 1 nitrogen and oxygen atoms in total. The molecule has 0 spiro atoms. The molecule has 7 heavy (non-hydrogen) atoms. The molecule has 0 aromatic rings. The van der Waals surface area contributed by atoms with Gasteiger partial charge in [-0.15, -0.1) is 0 Å². The minimum absolute atomic E-state index is 0.903. The summed E-state index contributed by atoms with van der Waals surface area (Å²) in [5.74, 6) is 1.59. The zero-order valence-electron chi connectivity index (χ0n) is 4.74. The van der Waals surface area contributed by atoms with Gasteiger partial charge in [-0.3, -0.25) is 0 Å². The lowest BCUT2D eigenvalue weighted by Gasteiger charge is -2.22. The standard InChI is InChI=1S/C6H11O/c1-7-5-6-3-2-4-6/h2-5H2,1H3. The molecule has 0 saturated heterocycles. The number of rotatable bonds is 2. The fraction of sp³-hybridized carbons (Fsp3) is 0.833. The Morgan fingerprint density at radius 2 is 2.29 bits per heavy atom. The van der Waals surface area contributed by atoms with Crippen LogP contribution < -0.4 is 0 Å². The van der Waals surface area contributed by atoms with E-state index in [1.807, 2.05) is 0 Å². The topological polar surface area (TPSA) is 9.23 Å². The van der Waals surface area contributed by atoms with E-state index < -0.39 is 0 Å². The van der Waals surface area contributed by atoms with Gasteiger partial charge in [0.15, 0.2) is 0 Å². The molecule has 41 valence electrons. The summed E-state index contributed by atoms with van der Waals surface area (Å²) >= 11 is 0. The van der Waals surface area contributed by atoms with Gasteiger partial charge in [0.05, 0.1) is 6.61 Å². The molecule has 0 amide bonds. The Labute approximate surface area is 44.7 Å². The first-order chi connectivity index (χ1) is 3.43. The van der Waals surface area contributed by atoms with E-state index in [9.17, 15) is 0 Å². The quantitative estimate of drug-likeness (QED) is 0.508. The lowest BCUT2D eigenvalue weighted by Crippen LogP contribution is -2.13. The zero-order valence-corrected chi connectivity index (χ0v) is 4.74. The molecular weight excluding hydrogens is 88.1 g/mol. The highest BCUT2D eigenvalue weighted by Gasteiger charge is 2.16. The van der Waals surface area contributed by atoms with E-state index in [-0.39, 0.29) is 0 Å². The van der Waals surface area contributed by atoms with Gasteiger partial charge in [0.2, 0.25) is 0 Å². The summed E-state index contributed by atoms with van der Waals surface area (Å²) in [6.07, 6.45) is 4.01. The molecule has 1 heteroatoms. The van der Waals surface area contributed by atoms with Gasteiger partial charge in [0.1, 0.15) is 0 Å². The van der Waals surface area contributed by atoms with E-state index in [1.165, 1.54) is 19.3 Å². The number of ether oxygens (including phenoxy) is 1. The Morgan fingerprint density at radius 3 is 2.43 bits per heavy atom. The first-order valence-electron chi connectivity index (χ1n) is 2.76. The molecule has 0 heterocycles. The molecule has 1 rings (SSSR count). The van der Waals surface area contributed by atoms with Crippen LogP contribution in [0.15, 0.2) is 0 Å². The average Bonchev–Trinajstić information content (AvgIpc) is 1.55. The maximum absolute atomic E-state index is 4.91. The molecule has 0 N–H and O–H groups in total. The lowest BCUT2D eigenvalue weighted by molar-refractivity contribution is 0.188. The van der Waals surface area contributed by atoms with E-state index in [0.717, 1.165) is 6.61 Å². The largest absolute Gasteiger partial charge is 0.384 e. The van der Waals surface area contributed by atoms with E-state index in [4.69, 9.17) is 4.74 Å². The van der Waals surface area contributed by atoms with Crippen LogP contribution in [0.1, 0.15) is 19.3 Å². The Balaban J connectivity index is 1.93. The maximum atomic E-state index is 4.91. The summed E-state index contributed by atoms with van der Waals surface area (Å²) in [7, 11) is 1.76. The van der Waals surface area contributed by atoms with Crippen LogP contribution in [0.25, 0.3) is 0 Å². The normalized spacial score (nSPS) is 21.9. The molecular formula is C6H11O. The number of hydrogen-bond donors (Lipinski definition) is 0. The van der Waals surface area contributed by atoms with Crippen molar-refractivity contribution in [2.75, 3.05) is 13.7 Å². The predicted octanol–water partition coefficient (Wildman–Crippen LogP) is 1.39. The van der Waals surface area contributed by atoms with Crippen molar-refractivity contribution in [3.63, 3.8) is 0 Å².